The van der Waals surface area contributed by atoms with Crippen LogP contribution in [0.5, 0.6) is 0 Å². The summed E-state index contributed by atoms with van der Waals surface area (Å²) in [5, 5.41) is 7.80. The van der Waals surface area contributed by atoms with Crippen molar-refractivity contribution in [3.63, 3.8) is 0 Å². The highest BCUT2D eigenvalue weighted by Crippen LogP contribution is 2.36. The molecule has 1 aromatic heterocycles. The number of rotatable bonds is 6. The van der Waals surface area contributed by atoms with Gasteiger partial charge in [-0.05, 0) is 61.4 Å². The zero-order valence-electron chi connectivity index (χ0n) is 13.8. The van der Waals surface area contributed by atoms with E-state index in [1.54, 1.807) is 11.3 Å². The van der Waals surface area contributed by atoms with Crippen molar-refractivity contribution in [2.75, 3.05) is 0 Å². The third kappa shape index (κ3) is 3.32. The Kier molecular flexibility index (Phi) is 5.10. The highest BCUT2D eigenvalue weighted by Gasteiger charge is 2.48. The average Bonchev–Trinajstić information content (AvgIpc) is 3.05. The van der Waals surface area contributed by atoms with E-state index in [9.17, 15) is 4.79 Å². The fraction of sp³-hybridized carbons (Fsp3) is 0.706. The first kappa shape index (κ1) is 16.5. The van der Waals surface area contributed by atoms with Crippen LogP contribution in [0.1, 0.15) is 65.6 Å². The second kappa shape index (κ2) is 6.49. The summed E-state index contributed by atoms with van der Waals surface area (Å²) in [5.41, 5.74) is 0.778. The maximum absolute atomic E-state index is 12.9. The number of hydrogen-bond acceptors (Lipinski definition) is 3. The molecule has 0 aliphatic carbocycles. The minimum Gasteiger partial charge on any atom is -0.319 e. The molecule has 3 nitrogen and oxygen atoms in total. The van der Waals surface area contributed by atoms with Crippen molar-refractivity contribution >= 4 is 17.2 Å². The van der Waals surface area contributed by atoms with E-state index >= 15 is 0 Å². The number of hydrogen-bond donors (Lipinski definition) is 1. The van der Waals surface area contributed by atoms with Crippen LogP contribution in [0.3, 0.4) is 0 Å². The SMILES string of the molecule is CCC1(C)NC(c2ccsc2)N(C(C)CCC(C)C)C1=O. The van der Waals surface area contributed by atoms with E-state index in [0.29, 0.717) is 5.92 Å². The number of thiophene rings is 1. The molecular formula is C17H28N2OS. The molecule has 0 bridgehead atoms. The van der Waals surface area contributed by atoms with Crippen LogP contribution < -0.4 is 5.32 Å². The number of carbonyl (C=O) groups excluding carboxylic acids is 1. The van der Waals surface area contributed by atoms with Crippen molar-refractivity contribution in [3.8, 4) is 0 Å². The van der Waals surface area contributed by atoms with Crippen LogP contribution in [0.4, 0.5) is 0 Å². The topological polar surface area (TPSA) is 32.3 Å². The zero-order valence-corrected chi connectivity index (χ0v) is 14.7. The first-order chi connectivity index (χ1) is 9.89. The highest BCUT2D eigenvalue weighted by atomic mass is 32.1. The summed E-state index contributed by atoms with van der Waals surface area (Å²) >= 11 is 1.69. The fourth-order valence-electron chi connectivity index (χ4n) is 2.93. The summed E-state index contributed by atoms with van der Waals surface area (Å²) in [4.78, 5) is 15.0. The zero-order chi connectivity index (χ0) is 15.6. The maximum atomic E-state index is 12.9. The van der Waals surface area contributed by atoms with E-state index in [0.717, 1.165) is 19.3 Å². The van der Waals surface area contributed by atoms with E-state index in [4.69, 9.17) is 0 Å². The smallest absolute Gasteiger partial charge is 0.244 e. The number of carbonyl (C=O) groups is 1. The van der Waals surface area contributed by atoms with E-state index in [1.807, 2.05) is 6.92 Å². The molecular weight excluding hydrogens is 280 g/mol. The van der Waals surface area contributed by atoms with Crippen LogP contribution in [-0.2, 0) is 4.79 Å². The molecule has 0 spiro atoms. The summed E-state index contributed by atoms with van der Waals surface area (Å²) in [6, 6.07) is 2.39. The van der Waals surface area contributed by atoms with Gasteiger partial charge in [0, 0.05) is 6.04 Å². The largest absolute Gasteiger partial charge is 0.319 e. The number of amides is 1. The van der Waals surface area contributed by atoms with Crippen LogP contribution in [-0.4, -0.2) is 22.4 Å². The normalized spacial score (nSPS) is 27.6. The van der Waals surface area contributed by atoms with Crippen LogP contribution >= 0.6 is 11.3 Å². The first-order valence-electron chi connectivity index (χ1n) is 8.01. The Morgan fingerprint density at radius 2 is 2.10 bits per heavy atom. The number of nitrogens with one attached hydrogen (secondary N) is 1. The summed E-state index contributed by atoms with van der Waals surface area (Å²) in [6.07, 6.45) is 3.06. The molecule has 0 saturated carbocycles. The predicted octanol–water partition coefficient (Wildman–Crippen LogP) is 4.17. The minimum atomic E-state index is -0.432. The predicted molar refractivity (Wildman–Crippen MR) is 89.3 cm³/mol. The van der Waals surface area contributed by atoms with E-state index in [1.165, 1.54) is 5.56 Å². The van der Waals surface area contributed by atoms with Crippen LogP contribution in [0, 0.1) is 5.92 Å². The van der Waals surface area contributed by atoms with Crippen molar-refractivity contribution in [2.24, 2.45) is 5.92 Å². The lowest BCUT2D eigenvalue weighted by atomic mass is 9.98. The number of nitrogens with zero attached hydrogens (tertiary/aromatic N) is 1. The second-order valence-corrected chi connectivity index (χ2v) is 7.60. The molecule has 1 N–H and O–H groups in total. The first-order valence-corrected chi connectivity index (χ1v) is 8.96. The Bertz CT molecular complexity index is 471. The van der Waals surface area contributed by atoms with Crippen LogP contribution in [0.2, 0.25) is 0 Å². The Hall–Kier alpha value is -0.870. The van der Waals surface area contributed by atoms with E-state index in [-0.39, 0.29) is 18.1 Å². The van der Waals surface area contributed by atoms with Gasteiger partial charge in [0.25, 0.3) is 0 Å². The van der Waals surface area contributed by atoms with Gasteiger partial charge in [-0.3, -0.25) is 10.1 Å². The average molecular weight is 308 g/mol. The van der Waals surface area contributed by atoms with Gasteiger partial charge >= 0.3 is 0 Å². The maximum Gasteiger partial charge on any atom is 0.244 e. The van der Waals surface area contributed by atoms with Gasteiger partial charge in [0.1, 0.15) is 6.17 Å². The van der Waals surface area contributed by atoms with Crippen molar-refractivity contribution in [1.82, 2.24) is 10.2 Å². The highest BCUT2D eigenvalue weighted by molar-refractivity contribution is 7.07. The monoisotopic (exact) mass is 308 g/mol. The standard InChI is InChI=1S/C17H28N2OS/c1-6-17(5)16(20)19(13(4)8-7-12(2)3)15(18-17)14-9-10-21-11-14/h9-13,15,18H,6-8H2,1-5H3. The molecule has 0 radical (unpaired) electrons. The van der Waals surface area contributed by atoms with Crippen LogP contribution in [0.15, 0.2) is 16.8 Å². The lowest BCUT2D eigenvalue weighted by molar-refractivity contribution is -0.135. The fourth-order valence-corrected chi connectivity index (χ4v) is 3.61. The van der Waals surface area contributed by atoms with Crippen molar-refractivity contribution < 1.29 is 4.79 Å². The molecule has 1 aromatic rings. The van der Waals surface area contributed by atoms with Crippen molar-refractivity contribution in [1.29, 1.82) is 0 Å². The Balaban J connectivity index is 2.23. The summed E-state index contributed by atoms with van der Waals surface area (Å²) in [6.45, 7) is 10.8. The Morgan fingerprint density at radius 1 is 1.38 bits per heavy atom. The van der Waals surface area contributed by atoms with Gasteiger partial charge in [-0.1, -0.05) is 20.8 Å². The van der Waals surface area contributed by atoms with Gasteiger partial charge in [-0.2, -0.15) is 11.3 Å². The third-order valence-corrected chi connectivity index (χ3v) is 5.34. The van der Waals surface area contributed by atoms with Gasteiger partial charge in [-0.15, -0.1) is 0 Å². The van der Waals surface area contributed by atoms with Crippen LogP contribution in [0.25, 0.3) is 0 Å². The molecule has 2 rings (SSSR count). The molecule has 1 aliphatic rings. The third-order valence-electron chi connectivity index (χ3n) is 4.64. The molecule has 3 atom stereocenters. The van der Waals surface area contributed by atoms with Gasteiger partial charge in [0.2, 0.25) is 5.91 Å². The second-order valence-electron chi connectivity index (χ2n) is 6.82. The molecule has 1 aliphatic heterocycles. The van der Waals surface area contributed by atoms with Crippen molar-refractivity contribution in [2.45, 2.75) is 71.6 Å². The van der Waals surface area contributed by atoms with Crippen molar-refractivity contribution in [3.05, 3.63) is 22.4 Å². The Labute approximate surface area is 132 Å². The van der Waals surface area contributed by atoms with Gasteiger partial charge in [-0.25, -0.2) is 0 Å². The molecule has 3 unspecified atom stereocenters. The molecule has 4 heteroatoms. The molecule has 2 heterocycles. The molecule has 21 heavy (non-hydrogen) atoms. The summed E-state index contributed by atoms with van der Waals surface area (Å²) < 4.78 is 0. The summed E-state index contributed by atoms with van der Waals surface area (Å²) in [7, 11) is 0. The quantitative estimate of drug-likeness (QED) is 0.855. The minimum absolute atomic E-state index is 0.0239. The molecule has 0 aromatic carbocycles. The lowest BCUT2D eigenvalue weighted by Gasteiger charge is -2.30. The molecule has 118 valence electrons. The van der Waals surface area contributed by atoms with Gasteiger partial charge in [0.15, 0.2) is 0 Å². The van der Waals surface area contributed by atoms with Gasteiger partial charge in [0.05, 0.1) is 5.54 Å². The lowest BCUT2D eigenvalue weighted by Crippen LogP contribution is -2.44. The summed E-state index contributed by atoms with van der Waals surface area (Å²) in [5.74, 6) is 0.924. The molecule has 1 fully saturated rings. The molecule has 1 amide bonds. The van der Waals surface area contributed by atoms with Gasteiger partial charge < -0.3 is 4.90 Å². The molecule has 1 saturated heterocycles. The Morgan fingerprint density at radius 3 is 2.62 bits per heavy atom. The van der Waals surface area contributed by atoms with E-state index < -0.39 is 5.54 Å². The van der Waals surface area contributed by atoms with E-state index in [2.05, 4.69) is 54.7 Å².